The van der Waals surface area contributed by atoms with Crippen molar-refractivity contribution >= 4 is 11.9 Å². The molecule has 0 saturated carbocycles. The number of carbonyl (C=O) groups excluding carboxylic acids is 2. The van der Waals surface area contributed by atoms with Crippen molar-refractivity contribution in [3.05, 3.63) is 65.7 Å². The molecule has 1 unspecified atom stereocenters. The molecule has 2 heterocycles. The predicted molar refractivity (Wildman–Crippen MR) is 114 cm³/mol. The van der Waals surface area contributed by atoms with Crippen molar-refractivity contribution in [1.29, 1.82) is 0 Å². The van der Waals surface area contributed by atoms with E-state index in [-0.39, 0.29) is 24.0 Å². The van der Waals surface area contributed by atoms with E-state index in [2.05, 4.69) is 11.9 Å². The molecule has 0 spiro atoms. The van der Waals surface area contributed by atoms with Gasteiger partial charge in [0.15, 0.2) is 0 Å². The minimum atomic E-state index is -0.358. The topological polar surface area (TPSA) is 55.8 Å². The molecule has 2 aromatic carbocycles. The van der Waals surface area contributed by atoms with Crippen molar-refractivity contribution < 1.29 is 19.1 Å². The molecule has 30 heavy (non-hydrogen) atoms. The van der Waals surface area contributed by atoms with Crippen molar-refractivity contribution in [2.75, 3.05) is 7.05 Å². The number of rotatable bonds is 6. The quantitative estimate of drug-likeness (QED) is 0.533. The first-order chi connectivity index (χ1) is 14.5. The van der Waals surface area contributed by atoms with Crippen LogP contribution >= 0.6 is 0 Å². The predicted octanol–water partition coefficient (Wildman–Crippen LogP) is 4.11. The van der Waals surface area contributed by atoms with Gasteiger partial charge < -0.3 is 14.4 Å². The van der Waals surface area contributed by atoms with Crippen molar-refractivity contribution in [1.82, 2.24) is 4.90 Å². The van der Waals surface area contributed by atoms with Crippen molar-refractivity contribution in [3.63, 3.8) is 0 Å². The first kappa shape index (κ1) is 20.6. The second-order valence-electron chi connectivity index (χ2n) is 8.49. The number of esters is 2. The van der Waals surface area contributed by atoms with Gasteiger partial charge in [0.25, 0.3) is 0 Å². The molecule has 2 fully saturated rings. The van der Waals surface area contributed by atoms with E-state index in [0.717, 1.165) is 24.0 Å². The van der Waals surface area contributed by atoms with Gasteiger partial charge in [-0.05, 0) is 62.4 Å². The summed E-state index contributed by atoms with van der Waals surface area (Å²) in [6, 6.07) is 18.2. The van der Waals surface area contributed by atoms with Gasteiger partial charge in [-0.15, -0.1) is 0 Å². The number of nitrogens with zero attached hydrogens (tertiary/aromatic N) is 1. The smallest absolute Gasteiger partial charge is 0.314 e. The number of carbonyl (C=O) groups is 2. The largest absolute Gasteiger partial charge is 0.462 e. The average Bonchev–Trinajstić information content (AvgIpc) is 2.94. The van der Waals surface area contributed by atoms with E-state index in [4.69, 9.17) is 9.47 Å². The van der Waals surface area contributed by atoms with Gasteiger partial charge in [-0.3, -0.25) is 9.59 Å². The average molecular weight is 408 g/mol. The highest BCUT2D eigenvalue weighted by atomic mass is 16.5. The van der Waals surface area contributed by atoms with E-state index >= 15 is 0 Å². The molecule has 0 radical (unpaired) electrons. The Bertz CT molecular complexity index is 866. The standard InChI is InChI=1S/C25H29NO4/c1-17(27)29-22-12-8-18(9-13-22)14-24(19-6-4-3-5-7-19)25(28)30-23-15-20-10-11-21(16-23)26(20)2/h3-9,12-13,20-21,23-24H,10-11,14-16H2,1-2H3/t20-,21+,23?,24-/m0/s1. The van der Waals surface area contributed by atoms with E-state index < -0.39 is 0 Å². The number of fused-ring (bicyclic) bond motifs is 2. The van der Waals surface area contributed by atoms with Crippen molar-refractivity contribution in [3.8, 4) is 5.75 Å². The van der Waals surface area contributed by atoms with Crippen LogP contribution in [0.2, 0.25) is 0 Å². The zero-order chi connectivity index (χ0) is 21.1. The van der Waals surface area contributed by atoms with Gasteiger partial charge in [-0.2, -0.15) is 0 Å². The SMILES string of the molecule is CC(=O)Oc1ccc(C[C@H](C(=O)OC2C[C@H]3CC[C@@H](C2)N3C)c2ccccc2)cc1. The Labute approximate surface area is 178 Å². The molecule has 4 atom stereocenters. The fourth-order valence-electron chi connectivity index (χ4n) is 4.82. The van der Waals surface area contributed by atoms with Gasteiger partial charge in [-0.25, -0.2) is 0 Å². The molecule has 158 valence electrons. The second kappa shape index (κ2) is 9.00. The Kier molecular flexibility index (Phi) is 6.18. The third-order valence-electron chi connectivity index (χ3n) is 6.45. The summed E-state index contributed by atoms with van der Waals surface area (Å²) >= 11 is 0. The monoisotopic (exact) mass is 407 g/mol. The fourth-order valence-corrected chi connectivity index (χ4v) is 4.82. The summed E-state index contributed by atoms with van der Waals surface area (Å²) in [5.74, 6) is -0.352. The molecular weight excluding hydrogens is 378 g/mol. The minimum Gasteiger partial charge on any atom is -0.462 e. The Hall–Kier alpha value is -2.66. The van der Waals surface area contributed by atoms with Crippen molar-refractivity contribution in [2.45, 2.75) is 63.1 Å². The summed E-state index contributed by atoms with van der Waals surface area (Å²) in [6.07, 6.45) is 4.80. The van der Waals surface area contributed by atoms with Crippen LogP contribution in [0.5, 0.6) is 5.75 Å². The lowest BCUT2D eigenvalue weighted by Crippen LogP contribution is -2.43. The lowest BCUT2D eigenvalue weighted by Gasteiger charge is -2.36. The highest BCUT2D eigenvalue weighted by Crippen LogP contribution is 2.36. The molecule has 2 saturated heterocycles. The van der Waals surface area contributed by atoms with Crippen LogP contribution in [0, 0.1) is 0 Å². The zero-order valence-electron chi connectivity index (χ0n) is 17.6. The van der Waals surface area contributed by atoms with Gasteiger partial charge in [0.05, 0.1) is 5.92 Å². The summed E-state index contributed by atoms with van der Waals surface area (Å²) in [4.78, 5) is 26.8. The van der Waals surface area contributed by atoms with Crippen LogP contribution in [0.4, 0.5) is 0 Å². The van der Waals surface area contributed by atoms with Gasteiger partial charge in [0.2, 0.25) is 0 Å². The lowest BCUT2D eigenvalue weighted by molar-refractivity contribution is -0.154. The van der Waals surface area contributed by atoms with Gasteiger partial charge in [0, 0.05) is 19.0 Å². The zero-order valence-corrected chi connectivity index (χ0v) is 17.6. The molecule has 5 heteroatoms. The molecule has 0 aromatic heterocycles. The third-order valence-corrected chi connectivity index (χ3v) is 6.45. The molecule has 0 N–H and O–H groups in total. The van der Waals surface area contributed by atoms with Crippen LogP contribution in [0.15, 0.2) is 54.6 Å². The maximum Gasteiger partial charge on any atom is 0.314 e. The highest BCUT2D eigenvalue weighted by molar-refractivity contribution is 5.79. The van der Waals surface area contributed by atoms with E-state index in [1.54, 1.807) is 12.1 Å². The summed E-state index contributed by atoms with van der Waals surface area (Å²) in [6.45, 7) is 1.38. The molecule has 2 aliphatic heterocycles. The molecule has 2 aromatic rings. The summed E-state index contributed by atoms with van der Waals surface area (Å²) < 4.78 is 11.2. The minimum absolute atomic E-state index is 0.00348. The van der Waals surface area contributed by atoms with Gasteiger partial charge in [0.1, 0.15) is 11.9 Å². The van der Waals surface area contributed by atoms with Crippen LogP contribution in [0.3, 0.4) is 0 Å². The van der Waals surface area contributed by atoms with Crippen LogP contribution in [0.1, 0.15) is 49.7 Å². The van der Waals surface area contributed by atoms with E-state index in [1.165, 1.54) is 19.8 Å². The van der Waals surface area contributed by atoms with Crippen LogP contribution in [-0.4, -0.2) is 42.1 Å². The number of ether oxygens (including phenoxy) is 2. The lowest BCUT2D eigenvalue weighted by atomic mass is 9.91. The molecule has 2 bridgehead atoms. The van der Waals surface area contributed by atoms with Gasteiger partial charge >= 0.3 is 11.9 Å². The Morgan fingerprint density at radius 2 is 1.63 bits per heavy atom. The normalized spacial score (nSPS) is 24.3. The van der Waals surface area contributed by atoms with Crippen LogP contribution in [0.25, 0.3) is 0 Å². The van der Waals surface area contributed by atoms with E-state index in [0.29, 0.717) is 24.3 Å². The fraction of sp³-hybridized carbons (Fsp3) is 0.440. The number of hydrogen-bond acceptors (Lipinski definition) is 5. The molecule has 4 rings (SSSR count). The number of hydrogen-bond donors (Lipinski definition) is 0. The Balaban J connectivity index is 1.47. The van der Waals surface area contributed by atoms with Crippen molar-refractivity contribution in [2.24, 2.45) is 0 Å². The molecule has 5 nitrogen and oxygen atoms in total. The first-order valence-electron chi connectivity index (χ1n) is 10.7. The maximum atomic E-state index is 13.2. The summed E-state index contributed by atoms with van der Waals surface area (Å²) in [5, 5.41) is 0. The van der Waals surface area contributed by atoms with Crippen LogP contribution in [-0.2, 0) is 20.7 Å². The Morgan fingerprint density at radius 1 is 1.00 bits per heavy atom. The third kappa shape index (κ3) is 4.73. The van der Waals surface area contributed by atoms with Crippen LogP contribution < -0.4 is 4.74 Å². The Morgan fingerprint density at radius 3 is 2.23 bits per heavy atom. The second-order valence-corrected chi connectivity index (χ2v) is 8.49. The maximum absolute atomic E-state index is 13.2. The first-order valence-corrected chi connectivity index (χ1v) is 10.7. The summed E-state index contributed by atoms with van der Waals surface area (Å²) in [7, 11) is 2.19. The molecular formula is C25H29NO4. The van der Waals surface area contributed by atoms with E-state index in [9.17, 15) is 9.59 Å². The van der Waals surface area contributed by atoms with E-state index in [1.807, 2.05) is 42.5 Å². The number of benzene rings is 2. The van der Waals surface area contributed by atoms with Gasteiger partial charge in [-0.1, -0.05) is 42.5 Å². The number of piperidine rings is 1. The summed E-state index contributed by atoms with van der Waals surface area (Å²) in [5.41, 5.74) is 1.96. The highest BCUT2D eigenvalue weighted by Gasteiger charge is 2.40. The molecule has 0 aliphatic carbocycles. The molecule has 2 aliphatic rings. The molecule has 0 amide bonds.